The normalized spacial score (nSPS) is 31.8. The maximum absolute atomic E-state index is 11.7. The highest BCUT2D eigenvalue weighted by Crippen LogP contribution is 2.32. The third-order valence-electron chi connectivity index (χ3n) is 3.32. The Morgan fingerprint density at radius 3 is 2.93 bits per heavy atom. The predicted molar refractivity (Wildman–Crippen MR) is 53.9 cm³/mol. The first-order chi connectivity index (χ1) is 6.71. The van der Waals surface area contributed by atoms with Crippen molar-refractivity contribution in [3.8, 4) is 0 Å². The zero-order chi connectivity index (χ0) is 10.0. The molecule has 1 N–H and O–H groups in total. The number of hydrogen-bond acceptors (Lipinski definition) is 3. The number of hydrogen-bond donors (Lipinski definition) is 1. The van der Waals surface area contributed by atoms with Crippen molar-refractivity contribution in [3.05, 3.63) is 0 Å². The van der Waals surface area contributed by atoms with Crippen LogP contribution < -0.4 is 5.32 Å². The first-order valence-electron chi connectivity index (χ1n) is 5.59. The minimum atomic E-state index is -0.260. The van der Waals surface area contributed by atoms with Crippen LogP contribution in [-0.4, -0.2) is 25.7 Å². The second-order valence-corrected chi connectivity index (χ2v) is 4.86. The topological polar surface area (TPSA) is 38.3 Å². The molecule has 0 amide bonds. The van der Waals surface area contributed by atoms with E-state index >= 15 is 0 Å². The van der Waals surface area contributed by atoms with Crippen LogP contribution in [0.1, 0.15) is 32.6 Å². The lowest BCUT2D eigenvalue weighted by molar-refractivity contribution is -0.154. The van der Waals surface area contributed by atoms with Gasteiger partial charge in [-0.15, -0.1) is 0 Å². The monoisotopic (exact) mass is 197 g/mol. The molecule has 0 aromatic rings. The van der Waals surface area contributed by atoms with Gasteiger partial charge in [0.2, 0.25) is 0 Å². The molecule has 1 heterocycles. The third-order valence-corrected chi connectivity index (χ3v) is 3.32. The Balaban J connectivity index is 1.70. The molecule has 1 aliphatic heterocycles. The van der Waals surface area contributed by atoms with Crippen LogP contribution in [0.25, 0.3) is 0 Å². The molecule has 3 nitrogen and oxygen atoms in total. The molecule has 0 radical (unpaired) electrons. The molecule has 2 aliphatic rings. The first kappa shape index (κ1) is 9.97. The van der Waals surface area contributed by atoms with E-state index in [1.807, 2.05) is 6.92 Å². The molecule has 1 saturated heterocycles. The highest BCUT2D eigenvalue weighted by atomic mass is 16.5. The maximum atomic E-state index is 11.7. The van der Waals surface area contributed by atoms with Gasteiger partial charge in [-0.1, -0.05) is 12.8 Å². The molecule has 1 atom stereocenters. The lowest BCUT2D eigenvalue weighted by atomic mass is 9.90. The van der Waals surface area contributed by atoms with Crippen LogP contribution in [0.5, 0.6) is 0 Å². The van der Waals surface area contributed by atoms with E-state index in [-0.39, 0.29) is 11.4 Å². The van der Waals surface area contributed by atoms with Crippen molar-refractivity contribution in [2.75, 3.05) is 19.7 Å². The smallest absolute Gasteiger partial charge is 0.313 e. The summed E-state index contributed by atoms with van der Waals surface area (Å²) in [7, 11) is 0. The molecule has 3 heteroatoms. The number of esters is 1. The van der Waals surface area contributed by atoms with Crippen molar-refractivity contribution in [2.24, 2.45) is 11.3 Å². The molecule has 2 fully saturated rings. The zero-order valence-corrected chi connectivity index (χ0v) is 8.84. The summed E-state index contributed by atoms with van der Waals surface area (Å²) in [5.41, 5.74) is -0.260. The summed E-state index contributed by atoms with van der Waals surface area (Å²) in [5.74, 6) is 0.834. The van der Waals surface area contributed by atoms with Gasteiger partial charge in [0.25, 0.3) is 0 Å². The molecule has 1 saturated carbocycles. The Labute approximate surface area is 85.2 Å². The largest absolute Gasteiger partial charge is 0.465 e. The molecule has 80 valence electrons. The zero-order valence-electron chi connectivity index (χ0n) is 8.84. The molecular formula is C11H19NO2. The van der Waals surface area contributed by atoms with Gasteiger partial charge in [0.05, 0.1) is 12.0 Å². The van der Waals surface area contributed by atoms with Gasteiger partial charge in [-0.05, 0) is 32.2 Å². The highest BCUT2D eigenvalue weighted by molar-refractivity contribution is 5.77. The summed E-state index contributed by atoms with van der Waals surface area (Å²) in [6.45, 7) is 4.33. The number of ether oxygens (including phenoxy) is 1. The van der Waals surface area contributed by atoms with Gasteiger partial charge in [-0.2, -0.15) is 0 Å². The summed E-state index contributed by atoms with van der Waals surface area (Å²) < 4.78 is 5.30. The Hall–Kier alpha value is -0.570. The van der Waals surface area contributed by atoms with Gasteiger partial charge in [0, 0.05) is 6.54 Å². The second-order valence-electron chi connectivity index (χ2n) is 4.86. The summed E-state index contributed by atoms with van der Waals surface area (Å²) in [5, 5.41) is 3.20. The highest BCUT2D eigenvalue weighted by Gasteiger charge is 2.37. The van der Waals surface area contributed by atoms with Crippen molar-refractivity contribution < 1.29 is 9.53 Å². The Morgan fingerprint density at radius 2 is 2.36 bits per heavy atom. The van der Waals surface area contributed by atoms with Crippen LogP contribution in [0.3, 0.4) is 0 Å². The number of nitrogens with one attached hydrogen (secondary N) is 1. The van der Waals surface area contributed by atoms with Gasteiger partial charge in [-0.25, -0.2) is 0 Å². The molecule has 0 bridgehead atoms. The lowest BCUT2D eigenvalue weighted by Crippen LogP contribution is -2.32. The SMILES string of the molecule is CC1(C(=O)OCCC2CC2)CCNC1. The van der Waals surface area contributed by atoms with Crippen LogP contribution in [0.2, 0.25) is 0 Å². The van der Waals surface area contributed by atoms with Crippen molar-refractivity contribution in [2.45, 2.75) is 32.6 Å². The van der Waals surface area contributed by atoms with Gasteiger partial charge in [-0.3, -0.25) is 4.79 Å². The summed E-state index contributed by atoms with van der Waals surface area (Å²) in [4.78, 5) is 11.7. The van der Waals surface area contributed by atoms with Crippen LogP contribution >= 0.6 is 0 Å². The van der Waals surface area contributed by atoms with Gasteiger partial charge < -0.3 is 10.1 Å². The van der Waals surface area contributed by atoms with Gasteiger partial charge in [0.15, 0.2) is 0 Å². The van der Waals surface area contributed by atoms with Crippen LogP contribution in [0, 0.1) is 11.3 Å². The quantitative estimate of drug-likeness (QED) is 0.691. The predicted octanol–water partition coefficient (Wildman–Crippen LogP) is 1.33. The van der Waals surface area contributed by atoms with E-state index in [1.165, 1.54) is 12.8 Å². The van der Waals surface area contributed by atoms with E-state index in [2.05, 4.69) is 5.32 Å². The molecule has 1 aliphatic carbocycles. The summed E-state index contributed by atoms with van der Waals surface area (Å²) in [6.07, 6.45) is 4.64. The standard InChI is InChI=1S/C11H19NO2/c1-11(5-6-12-8-11)10(13)14-7-4-9-2-3-9/h9,12H,2-8H2,1H3. The fourth-order valence-corrected chi connectivity index (χ4v) is 1.89. The molecule has 14 heavy (non-hydrogen) atoms. The van der Waals surface area contributed by atoms with Gasteiger partial charge in [0.1, 0.15) is 0 Å². The van der Waals surface area contributed by atoms with Crippen molar-refractivity contribution in [1.82, 2.24) is 5.32 Å². The van der Waals surface area contributed by atoms with E-state index < -0.39 is 0 Å². The van der Waals surface area contributed by atoms with Crippen molar-refractivity contribution in [1.29, 1.82) is 0 Å². The van der Waals surface area contributed by atoms with E-state index in [9.17, 15) is 4.79 Å². The van der Waals surface area contributed by atoms with Crippen LogP contribution in [0.4, 0.5) is 0 Å². The fourth-order valence-electron chi connectivity index (χ4n) is 1.89. The second kappa shape index (κ2) is 3.89. The fraction of sp³-hybridized carbons (Fsp3) is 0.909. The minimum absolute atomic E-state index is 0.0110. The molecule has 0 aromatic heterocycles. The van der Waals surface area contributed by atoms with E-state index in [0.29, 0.717) is 6.61 Å². The summed E-state index contributed by atoms with van der Waals surface area (Å²) >= 11 is 0. The van der Waals surface area contributed by atoms with E-state index in [1.54, 1.807) is 0 Å². The Morgan fingerprint density at radius 1 is 1.57 bits per heavy atom. The minimum Gasteiger partial charge on any atom is -0.465 e. The number of carbonyl (C=O) groups excluding carboxylic acids is 1. The lowest BCUT2D eigenvalue weighted by Gasteiger charge is -2.20. The third kappa shape index (κ3) is 2.27. The average molecular weight is 197 g/mol. The van der Waals surface area contributed by atoms with Crippen molar-refractivity contribution >= 4 is 5.97 Å². The van der Waals surface area contributed by atoms with E-state index in [4.69, 9.17) is 4.74 Å². The maximum Gasteiger partial charge on any atom is 0.313 e. The summed E-state index contributed by atoms with van der Waals surface area (Å²) in [6, 6.07) is 0. The first-order valence-corrected chi connectivity index (χ1v) is 5.59. The average Bonchev–Trinajstić information content (AvgIpc) is 2.88. The molecule has 0 spiro atoms. The number of rotatable bonds is 4. The molecule has 1 unspecified atom stereocenters. The molecule has 2 rings (SSSR count). The molecule has 0 aromatic carbocycles. The van der Waals surface area contributed by atoms with Crippen LogP contribution in [0.15, 0.2) is 0 Å². The van der Waals surface area contributed by atoms with Crippen molar-refractivity contribution in [3.63, 3.8) is 0 Å². The molecular weight excluding hydrogens is 178 g/mol. The van der Waals surface area contributed by atoms with E-state index in [0.717, 1.165) is 31.8 Å². The van der Waals surface area contributed by atoms with Crippen LogP contribution in [-0.2, 0) is 9.53 Å². The van der Waals surface area contributed by atoms with Gasteiger partial charge >= 0.3 is 5.97 Å². The Kier molecular flexibility index (Phi) is 2.77. The number of carbonyl (C=O) groups is 1. The Bertz CT molecular complexity index is 217.